The molecule has 8 heteroatoms. The first kappa shape index (κ1) is 19.6. The van der Waals surface area contributed by atoms with Crippen LogP contribution in [0.25, 0.3) is 0 Å². The van der Waals surface area contributed by atoms with E-state index < -0.39 is 12.2 Å². The van der Waals surface area contributed by atoms with E-state index in [0.29, 0.717) is 18.1 Å². The summed E-state index contributed by atoms with van der Waals surface area (Å²) in [6.45, 7) is 3.08. The average Bonchev–Trinajstić information content (AvgIpc) is 3.10. The van der Waals surface area contributed by atoms with Gasteiger partial charge < -0.3 is 10.2 Å². The van der Waals surface area contributed by atoms with Crippen LogP contribution in [0.4, 0.5) is 19.0 Å². The van der Waals surface area contributed by atoms with E-state index in [1.807, 2.05) is 4.90 Å². The number of fused-ring (bicyclic) bond motifs is 1. The highest BCUT2D eigenvalue weighted by molar-refractivity contribution is 5.79. The van der Waals surface area contributed by atoms with E-state index in [1.54, 1.807) is 13.0 Å². The van der Waals surface area contributed by atoms with Crippen LogP contribution in [0.2, 0.25) is 0 Å². The van der Waals surface area contributed by atoms with Crippen LogP contribution in [-0.2, 0) is 4.79 Å². The van der Waals surface area contributed by atoms with E-state index in [4.69, 9.17) is 0 Å². The molecule has 1 aliphatic carbocycles. The molecule has 1 saturated carbocycles. The van der Waals surface area contributed by atoms with Crippen molar-refractivity contribution in [3.8, 4) is 0 Å². The number of halogens is 3. The Labute approximate surface area is 163 Å². The van der Waals surface area contributed by atoms with Crippen molar-refractivity contribution >= 4 is 11.7 Å². The van der Waals surface area contributed by atoms with Crippen molar-refractivity contribution in [1.29, 1.82) is 0 Å². The van der Waals surface area contributed by atoms with Crippen molar-refractivity contribution in [2.45, 2.75) is 82.5 Å². The third kappa shape index (κ3) is 3.87. The molecular weight excluding hydrogens is 369 g/mol. The molecule has 0 bridgehead atoms. The fraction of sp³-hybridized carbons (Fsp3) is 0.800. The Kier molecular flexibility index (Phi) is 5.31. The number of rotatable bonds is 2. The fourth-order valence-electron chi connectivity index (χ4n) is 5.00. The number of anilines is 1. The van der Waals surface area contributed by atoms with Gasteiger partial charge in [-0.25, -0.2) is 4.68 Å². The number of amides is 1. The van der Waals surface area contributed by atoms with Gasteiger partial charge in [0.15, 0.2) is 6.04 Å². The molecule has 0 unspecified atom stereocenters. The van der Waals surface area contributed by atoms with Crippen molar-refractivity contribution in [3.05, 3.63) is 11.8 Å². The van der Waals surface area contributed by atoms with Gasteiger partial charge in [-0.2, -0.15) is 18.3 Å². The summed E-state index contributed by atoms with van der Waals surface area (Å²) < 4.78 is 41.5. The molecule has 3 atom stereocenters. The zero-order valence-corrected chi connectivity index (χ0v) is 16.3. The van der Waals surface area contributed by atoms with Crippen molar-refractivity contribution in [2.24, 2.45) is 5.92 Å². The third-order valence-electron chi connectivity index (χ3n) is 6.50. The summed E-state index contributed by atoms with van der Waals surface area (Å²) in [6.07, 6.45) is 2.77. The zero-order chi connectivity index (χ0) is 19.9. The minimum atomic E-state index is -4.32. The molecule has 3 heterocycles. The van der Waals surface area contributed by atoms with E-state index in [2.05, 4.69) is 10.4 Å². The molecule has 4 rings (SSSR count). The quantitative estimate of drug-likeness (QED) is 0.799. The predicted molar refractivity (Wildman–Crippen MR) is 100 cm³/mol. The van der Waals surface area contributed by atoms with E-state index in [-0.39, 0.29) is 30.2 Å². The summed E-state index contributed by atoms with van der Waals surface area (Å²) in [4.78, 5) is 14.8. The van der Waals surface area contributed by atoms with Crippen molar-refractivity contribution in [2.75, 3.05) is 18.4 Å². The molecule has 156 valence electrons. The monoisotopic (exact) mass is 398 g/mol. The van der Waals surface area contributed by atoms with Gasteiger partial charge in [0.25, 0.3) is 0 Å². The van der Waals surface area contributed by atoms with Gasteiger partial charge in [0.2, 0.25) is 5.91 Å². The Morgan fingerprint density at radius 3 is 2.64 bits per heavy atom. The second kappa shape index (κ2) is 7.59. The van der Waals surface area contributed by atoms with E-state index in [1.165, 1.54) is 6.42 Å². The molecule has 28 heavy (non-hydrogen) atoms. The first-order chi connectivity index (χ1) is 13.3. The summed E-state index contributed by atoms with van der Waals surface area (Å²) >= 11 is 0. The summed E-state index contributed by atoms with van der Waals surface area (Å²) in [5, 5.41) is 7.49. The van der Waals surface area contributed by atoms with Crippen LogP contribution in [0.15, 0.2) is 6.07 Å². The molecule has 2 aliphatic heterocycles. The predicted octanol–water partition coefficient (Wildman–Crippen LogP) is 4.48. The molecule has 3 aliphatic rings. The van der Waals surface area contributed by atoms with Crippen LogP contribution in [0.1, 0.15) is 75.9 Å². The highest BCUT2D eigenvalue weighted by Gasteiger charge is 2.46. The van der Waals surface area contributed by atoms with E-state index in [0.717, 1.165) is 49.8 Å². The number of carbonyl (C=O) groups is 1. The Morgan fingerprint density at radius 2 is 1.93 bits per heavy atom. The van der Waals surface area contributed by atoms with Crippen LogP contribution < -0.4 is 5.32 Å². The van der Waals surface area contributed by atoms with Crippen LogP contribution in [0.5, 0.6) is 0 Å². The second-order valence-electron chi connectivity index (χ2n) is 8.70. The normalized spacial score (nSPS) is 29.3. The van der Waals surface area contributed by atoms with E-state index in [9.17, 15) is 18.0 Å². The standard InChI is InChI=1S/C20H29F3N4O/c1-13-10-17(20(21,22)23)27-18(24-13)11-16(25-27)15-8-5-9-26(12-15)19(28)14-6-3-2-4-7-14/h11,13-15,17,24H,2-10,12H2,1H3/t13-,15-,17-/m1/s1. The maximum Gasteiger partial charge on any atom is 0.410 e. The number of hydrogen-bond donors (Lipinski definition) is 1. The van der Waals surface area contributed by atoms with Gasteiger partial charge in [0.1, 0.15) is 5.82 Å². The van der Waals surface area contributed by atoms with Crippen LogP contribution in [-0.4, -0.2) is 45.9 Å². The van der Waals surface area contributed by atoms with Gasteiger partial charge in [0, 0.05) is 37.0 Å². The molecule has 1 amide bonds. The Bertz CT molecular complexity index is 711. The largest absolute Gasteiger partial charge is 0.410 e. The molecule has 2 fully saturated rings. The lowest BCUT2D eigenvalue weighted by Gasteiger charge is -2.35. The van der Waals surface area contributed by atoms with E-state index >= 15 is 0 Å². The molecule has 0 radical (unpaired) electrons. The van der Waals surface area contributed by atoms with Gasteiger partial charge >= 0.3 is 6.18 Å². The van der Waals surface area contributed by atoms with Crippen LogP contribution >= 0.6 is 0 Å². The molecule has 1 aromatic heterocycles. The van der Waals surface area contributed by atoms with Crippen molar-refractivity contribution < 1.29 is 18.0 Å². The summed E-state index contributed by atoms with van der Waals surface area (Å²) in [6, 6.07) is -0.0799. The Hall–Kier alpha value is -1.73. The highest BCUT2D eigenvalue weighted by atomic mass is 19.4. The lowest BCUT2D eigenvalue weighted by atomic mass is 9.87. The first-order valence-electron chi connectivity index (χ1n) is 10.5. The highest BCUT2D eigenvalue weighted by Crippen LogP contribution is 2.41. The average molecular weight is 398 g/mol. The zero-order valence-electron chi connectivity index (χ0n) is 16.3. The molecule has 1 N–H and O–H groups in total. The van der Waals surface area contributed by atoms with Gasteiger partial charge in [0.05, 0.1) is 5.69 Å². The topological polar surface area (TPSA) is 50.2 Å². The van der Waals surface area contributed by atoms with Crippen molar-refractivity contribution in [3.63, 3.8) is 0 Å². The molecule has 0 aromatic carbocycles. The Balaban J connectivity index is 1.51. The summed E-state index contributed by atoms with van der Waals surface area (Å²) in [7, 11) is 0. The van der Waals surface area contributed by atoms with Crippen LogP contribution in [0.3, 0.4) is 0 Å². The Morgan fingerprint density at radius 1 is 1.18 bits per heavy atom. The number of piperidine rings is 1. The van der Waals surface area contributed by atoms with Gasteiger partial charge in [-0.15, -0.1) is 0 Å². The summed E-state index contributed by atoms with van der Waals surface area (Å²) in [5.41, 5.74) is 0.673. The smallest absolute Gasteiger partial charge is 0.368 e. The number of alkyl halides is 3. The maximum atomic E-state index is 13.5. The SMILES string of the molecule is C[C@@H]1C[C@H](C(F)(F)F)n2nc([C@@H]3CCCN(C(=O)C4CCCCC4)C3)cc2N1. The number of aromatic nitrogens is 2. The number of carbonyl (C=O) groups excluding carboxylic acids is 1. The number of likely N-dealkylation sites (tertiary alicyclic amines) is 1. The fourth-order valence-corrected chi connectivity index (χ4v) is 5.00. The minimum Gasteiger partial charge on any atom is -0.368 e. The maximum absolute atomic E-state index is 13.5. The van der Waals surface area contributed by atoms with Gasteiger partial charge in [-0.05, 0) is 39.0 Å². The number of hydrogen-bond acceptors (Lipinski definition) is 3. The molecule has 5 nitrogen and oxygen atoms in total. The third-order valence-corrected chi connectivity index (χ3v) is 6.50. The molecule has 0 spiro atoms. The van der Waals surface area contributed by atoms with Gasteiger partial charge in [-0.3, -0.25) is 4.79 Å². The van der Waals surface area contributed by atoms with Crippen LogP contribution in [0, 0.1) is 5.92 Å². The minimum absolute atomic E-state index is 0.00498. The lowest BCUT2D eigenvalue weighted by Crippen LogP contribution is -2.43. The number of nitrogens with one attached hydrogen (secondary N) is 1. The molecule has 1 aromatic rings. The number of nitrogens with zero attached hydrogens (tertiary/aromatic N) is 3. The summed E-state index contributed by atoms with van der Waals surface area (Å²) in [5.74, 6) is 0.797. The van der Waals surface area contributed by atoms with Gasteiger partial charge in [-0.1, -0.05) is 19.3 Å². The van der Waals surface area contributed by atoms with Crippen molar-refractivity contribution in [1.82, 2.24) is 14.7 Å². The lowest BCUT2D eigenvalue weighted by molar-refractivity contribution is -0.173. The second-order valence-corrected chi connectivity index (χ2v) is 8.70. The first-order valence-corrected chi connectivity index (χ1v) is 10.5. The molecular formula is C20H29F3N4O. The molecule has 1 saturated heterocycles.